The van der Waals surface area contributed by atoms with Crippen molar-refractivity contribution >= 4 is 12.2 Å². The summed E-state index contributed by atoms with van der Waals surface area (Å²) in [5.74, 6) is 0. The summed E-state index contributed by atoms with van der Waals surface area (Å²) in [6.07, 6.45) is 8.96. The zero-order chi connectivity index (χ0) is 14.4. The molecule has 2 aromatic heterocycles. The van der Waals surface area contributed by atoms with Gasteiger partial charge in [-0.05, 0) is 17.8 Å². The lowest BCUT2D eigenvalue weighted by Gasteiger charge is -2.17. The second kappa shape index (κ2) is 6.24. The maximum atomic E-state index is 12.0. The molecule has 0 aliphatic heterocycles. The average molecular weight is 268 g/mol. The standard InChI is InChI=1S/C13H12N6O/c14-2-1-12(11-5-10(6-15)7-17-8-11)18-13(20)19-4-3-16-9-19/h2-5,7-9,12,14H,1H2,(H,18,20)/t12-/m0/s1. The molecule has 1 atom stereocenters. The Hall–Kier alpha value is -3.01. The van der Waals surface area contributed by atoms with Crippen LogP contribution in [0, 0.1) is 16.7 Å². The van der Waals surface area contributed by atoms with Crippen LogP contribution in [0.3, 0.4) is 0 Å². The summed E-state index contributed by atoms with van der Waals surface area (Å²) in [4.78, 5) is 19.7. The molecule has 0 saturated heterocycles. The minimum absolute atomic E-state index is 0.316. The van der Waals surface area contributed by atoms with Crippen LogP contribution in [-0.2, 0) is 0 Å². The van der Waals surface area contributed by atoms with Gasteiger partial charge in [0.05, 0.1) is 11.6 Å². The molecule has 1 amide bonds. The first-order chi connectivity index (χ1) is 9.74. The number of amides is 1. The molecule has 0 bridgehead atoms. The fourth-order valence-corrected chi connectivity index (χ4v) is 1.71. The van der Waals surface area contributed by atoms with Crippen LogP contribution >= 0.6 is 0 Å². The van der Waals surface area contributed by atoms with Gasteiger partial charge in [-0.15, -0.1) is 0 Å². The number of hydrogen-bond donors (Lipinski definition) is 2. The molecule has 20 heavy (non-hydrogen) atoms. The van der Waals surface area contributed by atoms with Gasteiger partial charge in [0.2, 0.25) is 0 Å². The van der Waals surface area contributed by atoms with Crippen LogP contribution in [0.15, 0.2) is 37.2 Å². The number of hydrogen-bond acceptors (Lipinski definition) is 5. The summed E-state index contributed by atoms with van der Waals surface area (Å²) in [6, 6.07) is 2.88. The number of imidazole rings is 1. The SMILES string of the molecule is N#Cc1cncc([C@H](CC=N)NC(=O)n2ccnc2)c1. The van der Waals surface area contributed by atoms with E-state index in [1.165, 1.54) is 35.7 Å². The van der Waals surface area contributed by atoms with Gasteiger partial charge in [0.1, 0.15) is 12.4 Å². The summed E-state index contributed by atoms with van der Waals surface area (Å²) < 4.78 is 1.30. The number of nitrogens with zero attached hydrogens (tertiary/aromatic N) is 4. The van der Waals surface area contributed by atoms with Gasteiger partial charge < -0.3 is 10.7 Å². The predicted octanol–water partition coefficient (Wildman–Crippen LogP) is 1.49. The Bertz CT molecular complexity index is 643. The highest BCUT2D eigenvalue weighted by Gasteiger charge is 2.15. The fraction of sp³-hybridized carbons (Fsp3) is 0.154. The normalized spacial score (nSPS) is 11.3. The largest absolute Gasteiger partial charge is 0.330 e. The van der Waals surface area contributed by atoms with Crippen LogP contribution in [0.5, 0.6) is 0 Å². The van der Waals surface area contributed by atoms with Crippen molar-refractivity contribution in [2.45, 2.75) is 12.5 Å². The lowest BCUT2D eigenvalue weighted by atomic mass is 10.1. The van der Waals surface area contributed by atoms with Crippen molar-refractivity contribution in [3.63, 3.8) is 0 Å². The van der Waals surface area contributed by atoms with Gasteiger partial charge in [-0.3, -0.25) is 9.55 Å². The molecule has 0 aliphatic rings. The van der Waals surface area contributed by atoms with E-state index in [9.17, 15) is 4.79 Å². The number of rotatable bonds is 4. The Balaban J connectivity index is 2.20. The molecule has 7 nitrogen and oxygen atoms in total. The van der Waals surface area contributed by atoms with E-state index in [0.717, 1.165) is 0 Å². The Morgan fingerprint density at radius 3 is 3.05 bits per heavy atom. The first-order valence-electron chi connectivity index (χ1n) is 5.87. The molecular weight excluding hydrogens is 256 g/mol. The highest BCUT2D eigenvalue weighted by Crippen LogP contribution is 2.16. The maximum absolute atomic E-state index is 12.0. The number of nitriles is 1. The maximum Gasteiger partial charge on any atom is 0.327 e. The first kappa shape index (κ1) is 13.4. The van der Waals surface area contributed by atoms with Crippen molar-refractivity contribution in [3.05, 3.63) is 48.3 Å². The molecule has 0 spiro atoms. The van der Waals surface area contributed by atoms with E-state index >= 15 is 0 Å². The van der Waals surface area contributed by atoms with E-state index in [2.05, 4.69) is 15.3 Å². The molecule has 100 valence electrons. The number of nitrogens with one attached hydrogen (secondary N) is 2. The molecule has 0 aromatic carbocycles. The molecule has 0 radical (unpaired) electrons. The van der Waals surface area contributed by atoms with Gasteiger partial charge in [-0.25, -0.2) is 9.78 Å². The van der Waals surface area contributed by atoms with Gasteiger partial charge >= 0.3 is 6.03 Å². The number of aromatic nitrogens is 3. The second-order valence-corrected chi connectivity index (χ2v) is 4.03. The predicted molar refractivity (Wildman–Crippen MR) is 71.3 cm³/mol. The summed E-state index contributed by atoms with van der Waals surface area (Å²) in [6.45, 7) is 0. The summed E-state index contributed by atoms with van der Waals surface area (Å²) >= 11 is 0. The van der Waals surface area contributed by atoms with Crippen molar-refractivity contribution in [1.82, 2.24) is 19.9 Å². The highest BCUT2D eigenvalue weighted by atomic mass is 16.2. The third-order valence-corrected chi connectivity index (χ3v) is 2.68. The lowest BCUT2D eigenvalue weighted by Crippen LogP contribution is -2.32. The zero-order valence-corrected chi connectivity index (χ0v) is 10.5. The molecule has 2 N–H and O–H groups in total. The Kier molecular flexibility index (Phi) is 4.19. The van der Waals surface area contributed by atoms with Crippen LogP contribution in [0.25, 0.3) is 0 Å². The molecule has 0 aliphatic carbocycles. The smallest absolute Gasteiger partial charge is 0.327 e. The van der Waals surface area contributed by atoms with Crippen molar-refractivity contribution in [3.8, 4) is 6.07 Å². The van der Waals surface area contributed by atoms with Crippen molar-refractivity contribution in [2.24, 2.45) is 0 Å². The van der Waals surface area contributed by atoms with E-state index in [-0.39, 0.29) is 6.03 Å². The van der Waals surface area contributed by atoms with Crippen LogP contribution < -0.4 is 5.32 Å². The number of pyridine rings is 1. The average Bonchev–Trinajstić information content (AvgIpc) is 3.01. The van der Waals surface area contributed by atoms with Crippen molar-refractivity contribution in [1.29, 1.82) is 10.7 Å². The van der Waals surface area contributed by atoms with Crippen molar-refractivity contribution in [2.75, 3.05) is 0 Å². The Morgan fingerprint density at radius 1 is 1.55 bits per heavy atom. The molecule has 7 heteroatoms. The van der Waals surface area contributed by atoms with Gasteiger partial charge in [0, 0.05) is 31.2 Å². The minimum atomic E-state index is -0.414. The minimum Gasteiger partial charge on any atom is -0.330 e. The molecule has 0 saturated carbocycles. The van der Waals surface area contributed by atoms with Crippen LogP contribution in [0.2, 0.25) is 0 Å². The van der Waals surface area contributed by atoms with E-state index < -0.39 is 6.04 Å². The van der Waals surface area contributed by atoms with E-state index in [0.29, 0.717) is 17.5 Å². The lowest BCUT2D eigenvalue weighted by molar-refractivity contribution is 0.239. The van der Waals surface area contributed by atoms with Crippen LogP contribution in [0.1, 0.15) is 23.6 Å². The molecule has 2 rings (SSSR count). The quantitative estimate of drug-likeness (QED) is 0.819. The third-order valence-electron chi connectivity index (χ3n) is 2.68. The first-order valence-corrected chi connectivity index (χ1v) is 5.87. The van der Waals surface area contributed by atoms with Crippen LogP contribution in [-0.4, -0.2) is 26.8 Å². The molecule has 0 unspecified atom stereocenters. The summed E-state index contributed by atoms with van der Waals surface area (Å²) in [7, 11) is 0. The Labute approximate surface area is 115 Å². The summed E-state index contributed by atoms with van der Waals surface area (Å²) in [5, 5.41) is 18.9. The van der Waals surface area contributed by atoms with E-state index in [1.54, 1.807) is 12.3 Å². The van der Waals surface area contributed by atoms with Crippen LogP contribution in [0.4, 0.5) is 4.79 Å². The zero-order valence-electron chi connectivity index (χ0n) is 10.5. The number of carbonyl (C=O) groups is 1. The van der Waals surface area contributed by atoms with Gasteiger partial charge in [0.25, 0.3) is 0 Å². The monoisotopic (exact) mass is 268 g/mol. The third kappa shape index (κ3) is 3.05. The molecule has 2 aromatic rings. The molecular formula is C13H12N6O. The second-order valence-electron chi connectivity index (χ2n) is 4.03. The van der Waals surface area contributed by atoms with E-state index in [1.807, 2.05) is 6.07 Å². The molecule has 2 heterocycles. The fourth-order valence-electron chi connectivity index (χ4n) is 1.71. The highest BCUT2D eigenvalue weighted by molar-refractivity contribution is 5.77. The number of carbonyl (C=O) groups excluding carboxylic acids is 1. The van der Waals surface area contributed by atoms with Gasteiger partial charge in [-0.2, -0.15) is 5.26 Å². The van der Waals surface area contributed by atoms with Gasteiger partial charge in [0.15, 0.2) is 0 Å². The molecule has 0 fully saturated rings. The van der Waals surface area contributed by atoms with Crippen molar-refractivity contribution < 1.29 is 4.79 Å². The summed E-state index contributed by atoms with van der Waals surface area (Å²) in [5.41, 5.74) is 1.09. The van der Waals surface area contributed by atoms with E-state index in [4.69, 9.17) is 10.7 Å². The Morgan fingerprint density at radius 2 is 2.40 bits per heavy atom. The topological polar surface area (TPSA) is 107 Å². The van der Waals surface area contributed by atoms with Gasteiger partial charge in [-0.1, -0.05) is 0 Å².